The lowest BCUT2D eigenvalue weighted by Crippen LogP contribution is -2.37. The molecular weight excluding hydrogens is 582 g/mol. The van der Waals surface area contributed by atoms with E-state index in [-0.39, 0.29) is 29.4 Å². The molecule has 242 valence electrons. The van der Waals surface area contributed by atoms with Crippen molar-refractivity contribution < 1.29 is 24.0 Å². The molecule has 9 nitrogen and oxygen atoms in total. The Balaban J connectivity index is 1.48. The van der Waals surface area contributed by atoms with E-state index < -0.39 is 28.2 Å². The van der Waals surface area contributed by atoms with Gasteiger partial charge in [-0.1, -0.05) is 86.6 Å². The predicted octanol–water partition coefficient (Wildman–Crippen LogP) is 6.73. The van der Waals surface area contributed by atoms with Crippen LogP contribution in [-0.4, -0.2) is 55.6 Å². The number of dihydropyridines is 1. The molecule has 1 atom stereocenters. The molecule has 1 N–H and O–H groups in total. The molecule has 0 aromatic heterocycles. The third-order valence-corrected chi connectivity index (χ3v) is 8.30. The van der Waals surface area contributed by atoms with Crippen molar-refractivity contribution in [3.05, 3.63) is 134 Å². The second-order valence-electron chi connectivity index (χ2n) is 12.6. The van der Waals surface area contributed by atoms with Crippen molar-refractivity contribution in [2.45, 2.75) is 46.0 Å². The number of nitrogens with zero attached hydrogens (tertiary/aromatic N) is 2. The number of ether oxygens (including phenoxy) is 2. The number of carbonyl (C=O) groups is 2. The summed E-state index contributed by atoms with van der Waals surface area (Å²) in [7, 11) is 3.33. The molecule has 1 aliphatic rings. The van der Waals surface area contributed by atoms with Crippen LogP contribution in [0.3, 0.4) is 0 Å². The lowest BCUT2D eigenvalue weighted by molar-refractivity contribution is -0.384. The number of hydrogen-bond donors (Lipinski definition) is 1. The Labute approximate surface area is 271 Å². The van der Waals surface area contributed by atoms with Crippen LogP contribution in [0.15, 0.2) is 107 Å². The lowest BCUT2D eigenvalue weighted by atomic mass is 9.80. The molecule has 0 aliphatic carbocycles. The normalized spacial score (nSPS) is 15.2. The molecule has 4 rings (SSSR count). The topological polar surface area (TPSA) is 111 Å². The van der Waals surface area contributed by atoms with Gasteiger partial charge in [0.2, 0.25) is 0 Å². The van der Waals surface area contributed by atoms with Gasteiger partial charge in [-0.3, -0.25) is 10.1 Å². The van der Waals surface area contributed by atoms with Crippen molar-refractivity contribution in [3.63, 3.8) is 0 Å². The minimum Gasteiger partial charge on any atom is -0.466 e. The molecule has 0 amide bonds. The first-order valence-corrected chi connectivity index (χ1v) is 15.4. The maximum absolute atomic E-state index is 13.8. The maximum Gasteiger partial charge on any atom is 0.336 e. The molecule has 3 aromatic carbocycles. The number of non-ortho nitro benzene ring substituents is 1. The highest BCUT2D eigenvalue weighted by Gasteiger charge is 2.39. The van der Waals surface area contributed by atoms with E-state index in [4.69, 9.17) is 9.47 Å². The zero-order chi connectivity index (χ0) is 33.4. The number of nitro benzene ring substituents is 1. The van der Waals surface area contributed by atoms with Gasteiger partial charge < -0.3 is 19.7 Å². The number of nitrogens with one attached hydrogen (secondary N) is 1. The van der Waals surface area contributed by atoms with Gasteiger partial charge in [-0.25, -0.2) is 9.59 Å². The fraction of sp³-hybridized carbons (Fsp3) is 0.351. The highest BCUT2D eigenvalue weighted by Crippen LogP contribution is 2.40. The van der Waals surface area contributed by atoms with Crippen molar-refractivity contribution in [2.75, 3.05) is 33.9 Å². The molecule has 0 saturated heterocycles. The van der Waals surface area contributed by atoms with Gasteiger partial charge in [-0.05, 0) is 50.6 Å². The second-order valence-corrected chi connectivity index (χ2v) is 12.6. The summed E-state index contributed by atoms with van der Waals surface area (Å²) in [6.45, 7) is 9.17. The first-order valence-electron chi connectivity index (χ1n) is 15.4. The molecule has 0 fully saturated rings. The standard InChI is InChI=1S/C37H43N3O6/c1-25-32(35(41)45-6)34(29-18-13-19-30(22-29)40(43)44)33(26(2)38-25)36(42)46-24-37(3,4)23-39(5)21-20-31(27-14-9-7-10-15-27)28-16-11-8-12-17-28/h7-19,22,31,34,38H,20-21,23-24H2,1-6H3/t34-/m0/s1. The summed E-state index contributed by atoms with van der Waals surface area (Å²) in [5.74, 6) is -1.88. The Bertz CT molecular complexity index is 1570. The van der Waals surface area contributed by atoms with Crippen LogP contribution in [0.1, 0.15) is 62.6 Å². The van der Waals surface area contributed by atoms with Crippen LogP contribution in [0.25, 0.3) is 0 Å². The Morgan fingerprint density at radius 2 is 1.48 bits per heavy atom. The van der Waals surface area contributed by atoms with Gasteiger partial charge in [-0.2, -0.15) is 0 Å². The number of esters is 2. The Morgan fingerprint density at radius 1 is 0.913 bits per heavy atom. The van der Waals surface area contributed by atoms with E-state index in [1.54, 1.807) is 19.9 Å². The lowest BCUT2D eigenvalue weighted by Gasteiger charge is -2.33. The molecule has 0 spiro atoms. The Hall–Kier alpha value is -4.76. The first kappa shape index (κ1) is 34.1. The number of nitro groups is 1. The molecular formula is C37H43N3O6. The number of rotatable bonds is 13. The van der Waals surface area contributed by atoms with E-state index in [0.717, 1.165) is 13.0 Å². The number of methoxy groups -OCH3 is 1. The number of allylic oxidation sites excluding steroid dienone is 2. The zero-order valence-electron chi connectivity index (χ0n) is 27.4. The van der Waals surface area contributed by atoms with Crippen LogP contribution in [0, 0.1) is 15.5 Å². The van der Waals surface area contributed by atoms with Crippen molar-refractivity contribution in [3.8, 4) is 0 Å². The molecule has 9 heteroatoms. The molecule has 0 unspecified atom stereocenters. The van der Waals surface area contributed by atoms with Crippen LogP contribution in [0.5, 0.6) is 0 Å². The Morgan fingerprint density at radius 3 is 2.02 bits per heavy atom. The van der Waals surface area contributed by atoms with E-state index >= 15 is 0 Å². The number of hydrogen-bond acceptors (Lipinski definition) is 8. The number of carbonyl (C=O) groups excluding carboxylic acids is 2. The van der Waals surface area contributed by atoms with Crippen LogP contribution in [-0.2, 0) is 19.1 Å². The monoisotopic (exact) mass is 625 g/mol. The highest BCUT2D eigenvalue weighted by molar-refractivity contribution is 5.99. The summed E-state index contributed by atoms with van der Waals surface area (Å²) in [5.41, 5.74) is 3.85. The van der Waals surface area contributed by atoms with Crippen molar-refractivity contribution in [1.29, 1.82) is 0 Å². The highest BCUT2D eigenvalue weighted by atomic mass is 16.6. The fourth-order valence-corrected chi connectivity index (χ4v) is 6.24. The van der Waals surface area contributed by atoms with E-state index in [0.29, 0.717) is 23.5 Å². The molecule has 3 aromatic rings. The van der Waals surface area contributed by atoms with Crippen LogP contribution in [0.4, 0.5) is 5.69 Å². The van der Waals surface area contributed by atoms with E-state index in [1.807, 2.05) is 26.0 Å². The summed E-state index contributed by atoms with van der Waals surface area (Å²) in [6, 6.07) is 27.0. The smallest absolute Gasteiger partial charge is 0.336 e. The van der Waals surface area contributed by atoms with E-state index in [9.17, 15) is 19.7 Å². The minimum atomic E-state index is -0.903. The quantitative estimate of drug-likeness (QED) is 0.127. The van der Waals surface area contributed by atoms with Crippen molar-refractivity contribution in [1.82, 2.24) is 10.2 Å². The SMILES string of the molecule is COC(=O)C1=C(C)NC(C)=C(C(=O)OCC(C)(C)CN(C)CCC(c2ccccc2)c2ccccc2)[C@H]1c1cccc([N+](=O)[O-])c1. The summed E-state index contributed by atoms with van der Waals surface area (Å²) in [6.07, 6.45) is 0.922. The molecule has 0 saturated carbocycles. The summed E-state index contributed by atoms with van der Waals surface area (Å²) in [5, 5.41) is 14.7. The van der Waals surface area contributed by atoms with Gasteiger partial charge in [0.25, 0.3) is 5.69 Å². The summed E-state index contributed by atoms with van der Waals surface area (Å²) >= 11 is 0. The van der Waals surface area contributed by atoms with Crippen LogP contribution in [0.2, 0.25) is 0 Å². The largest absolute Gasteiger partial charge is 0.466 e. The third kappa shape index (κ3) is 8.28. The van der Waals surface area contributed by atoms with Gasteiger partial charge in [0.1, 0.15) is 0 Å². The average molecular weight is 626 g/mol. The zero-order valence-corrected chi connectivity index (χ0v) is 27.4. The molecule has 46 heavy (non-hydrogen) atoms. The maximum atomic E-state index is 13.8. The molecule has 0 bridgehead atoms. The van der Waals surface area contributed by atoms with Gasteiger partial charge in [0, 0.05) is 41.4 Å². The fourth-order valence-electron chi connectivity index (χ4n) is 6.24. The number of benzene rings is 3. The molecule has 1 heterocycles. The van der Waals surface area contributed by atoms with Gasteiger partial charge in [0.15, 0.2) is 0 Å². The first-order chi connectivity index (χ1) is 21.9. The Kier molecular flexibility index (Phi) is 11.1. The van der Waals surface area contributed by atoms with E-state index in [2.05, 4.69) is 65.8 Å². The second kappa shape index (κ2) is 15.0. The summed E-state index contributed by atoms with van der Waals surface area (Å²) in [4.78, 5) is 40.1. The molecule has 1 aliphatic heterocycles. The summed E-state index contributed by atoms with van der Waals surface area (Å²) < 4.78 is 11.0. The van der Waals surface area contributed by atoms with Gasteiger partial charge >= 0.3 is 11.9 Å². The van der Waals surface area contributed by atoms with Crippen molar-refractivity contribution >= 4 is 17.6 Å². The van der Waals surface area contributed by atoms with Gasteiger partial charge in [-0.15, -0.1) is 0 Å². The predicted molar refractivity (Wildman–Crippen MR) is 178 cm³/mol. The molecule has 0 radical (unpaired) electrons. The third-order valence-electron chi connectivity index (χ3n) is 8.30. The average Bonchev–Trinajstić information content (AvgIpc) is 3.04. The van der Waals surface area contributed by atoms with E-state index in [1.165, 1.54) is 36.4 Å². The van der Waals surface area contributed by atoms with Crippen LogP contribution < -0.4 is 5.32 Å². The van der Waals surface area contributed by atoms with Gasteiger partial charge in [0.05, 0.1) is 35.7 Å². The van der Waals surface area contributed by atoms with Crippen LogP contribution >= 0.6 is 0 Å². The van der Waals surface area contributed by atoms with Crippen molar-refractivity contribution in [2.24, 2.45) is 5.41 Å². The minimum absolute atomic E-state index is 0.131.